The third-order valence-corrected chi connectivity index (χ3v) is 5.05. The lowest BCUT2D eigenvalue weighted by atomic mass is 10.0. The fraction of sp³-hybridized carbons (Fsp3) is 0.182. The number of rotatable bonds is 5. The smallest absolute Gasteiger partial charge is 0.344 e. The Labute approximate surface area is 179 Å². The third-order valence-electron chi connectivity index (χ3n) is 4.77. The first-order valence-corrected chi connectivity index (χ1v) is 9.57. The van der Waals surface area contributed by atoms with Crippen molar-refractivity contribution in [1.29, 1.82) is 0 Å². The van der Waals surface area contributed by atoms with Crippen LogP contribution in [0.25, 0.3) is 6.08 Å². The van der Waals surface area contributed by atoms with Gasteiger partial charge in [-0.05, 0) is 74.0 Å². The minimum Gasteiger partial charge on any atom is -0.479 e. The van der Waals surface area contributed by atoms with E-state index in [1.54, 1.807) is 30.3 Å². The molecule has 1 aliphatic rings. The zero-order valence-electron chi connectivity index (χ0n) is 16.6. The second-order valence-corrected chi connectivity index (χ2v) is 7.23. The number of anilines is 1. The van der Waals surface area contributed by atoms with Crippen molar-refractivity contribution >= 4 is 46.9 Å². The Hall–Kier alpha value is -3.52. The van der Waals surface area contributed by atoms with E-state index < -0.39 is 23.9 Å². The zero-order valence-corrected chi connectivity index (χ0v) is 17.4. The maximum atomic E-state index is 13.1. The summed E-state index contributed by atoms with van der Waals surface area (Å²) >= 11 is 5.24. The highest BCUT2D eigenvalue weighted by atomic mass is 32.1. The Morgan fingerprint density at radius 2 is 1.83 bits per heavy atom. The normalized spacial score (nSPS) is 16.4. The number of benzene rings is 2. The van der Waals surface area contributed by atoms with Crippen molar-refractivity contribution in [3.63, 3.8) is 0 Å². The molecule has 1 aliphatic heterocycles. The lowest BCUT2D eigenvalue weighted by Gasteiger charge is -2.30. The molecule has 154 valence electrons. The molecule has 0 aliphatic carbocycles. The number of carboxylic acids is 1. The molecule has 0 saturated carbocycles. The zero-order chi connectivity index (χ0) is 22.0. The molecular weight excluding hydrogens is 404 g/mol. The van der Waals surface area contributed by atoms with Crippen LogP contribution in [0.5, 0.6) is 5.75 Å². The first-order valence-electron chi connectivity index (χ1n) is 9.16. The van der Waals surface area contributed by atoms with Gasteiger partial charge in [-0.25, -0.2) is 4.79 Å². The maximum absolute atomic E-state index is 13.1. The summed E-state index contributed by atoms with van der Waals surface area (Å²) in [5.74, 6) is -1.80. The van der Waals surface area contributed by atoms with Gasteiger partial charge in [0.15, 0.2) is 11.2 Å². The Balaban J connectivity index is 1.91. The van der Waals surface area contributed by atoms with E-state index in [4.69, 9.17) is 22.1 Å². The van der Waals surface area contributed by atoms with Crippen LogP contribution in [0.3, 0.4) is 0 Å². The Bertz CT molecular complexity index is 1080. The molecule has 1 heterocycles. The predicted octanol–water partition coefficient (Wildman–Crippen LogP) is 2.99. The molecule has 8 heteroatoms. The first-order chi connectivity index (χ1) is 14.2. The van der Waals surface area contributed by atoms with Gasteiger partial charge in [0.1, 0.15) is 11.3 Å². The van der Waals surface area contributed by atoms with Crippen molar-refractivity contribution < 1.29 is 24.2 Å². The first kappa shape index (κ1) is 21.2. The third kappa shape index (κ3) is 4.23. The van der Waals surface area contributed by atoms with E-state index in [0.717, 1.165) is 11.1 Å². The van der Waals surface area contributed by atoms with Gasteiger partial charge in [0.25, 0.3) is 11.8 Å². The molecule has 1 unspecified atom stereocenters. The average molecular weight is 424 g/mol. The number of hydrogen-bond acceptors (Lipinski definition) is 5. The molecule has 0 aromatic heterocycles. The van der Waals surface area contributed by atoms with Crippen LogP contribution in [0.4, 0.5) is 5.69 Å². The molecule has 30 heavy (non-hydrogen) atoms. The molecule has 1 atom stereocenters. The summed E-state index contributed by atoms with van der Waals surface area (Å²) < 4.78 is 5.28. The van der Waals surface area contributed by atoms with Crippen molar-refractivity contribution in [2.24, 2.45) is 0 Å². The molecule has 0 spiro atoms. The summed E-state index contributed by atoms with van der Waals surface area (Å²) in [6.45, 7) is 5.24. The highest BCUT2D eigenvalue weighted by Gasteiger charge is 2.35. The number of amides is 2. The number of aryl methyl sites for hydroxylation is 1. The summed E-state index contributed by atoms with van der Waals surface area (Å²) in [6.07, 6.45) is 0.467. The molecule has 0 radical (unpaired) electrons. The topological polar surface area (TPSA) is 95.9 Å². The van der Waals surface area contributed by atoms with E-state index in [1.165, 1.54) is 17.9 Å². The number of nitrogens with zero attached hydrogens (tertiary/aromatic N) is 1. The van der Waals surface area contributed by atoms with Gasteiger partial charge in [-0.3, -0.25) is 19.8 Å². The van der Waals surface area contributed by atoms with Gasteiger partial charge in [0, 0.05) is 0 Å². The lowest BCUT2D eigenvalue weighted by Crippen LogP contribution is -2.54. The van der Waals surface area contributed by atoms with Crippen LogP contribution in [0.15, 0.2) is 48.0 Å². The van der Waals surface area contributed by atoms with Gasteiger partial charge in [-0.1, -0.05) is 24.3 Å². The number of carbonyl (C=O) groups excluding carboxylic acids is 2. The van der Waals surface area contributed by atoms with Gasteiger partial charge in [-0.2, -0.15) is 0 Å². The number of thiocarbonyl (C=S) groups is 1. The van der Waals surface area contributed by atoms with Crippen LogP contribution in [0.1, 0.15) is 23.6 Å². The number of carboxylic acid groups (broad SMARTS) is 1. The molecule has 0 bridgehead atoms. The number of ether oxygens (including phenoxy) is 1. The fourth-order valence-electron chi connectivity index (χ4n) is 2.92. The van der Waals surface area contributed by atoms with Crippen LogP contribution in [-0.4, -0.2) is 34.1 Å². The number of aliphatic carboxylic acids is 1. The molecule has 7 nitrogen and oxygen atoms in total. The molecule has 1 fully saturated rings. The monoisotopic (exact) mass is 424 g/mol. The van der Waals surface area contributed by atoms with Crippen molar-refractivity contribution in [3.05, 3.63) is 64.7 Å². The van der Waals surface area contributed by atoms with Gasteiger partial charge in [-0.15, -0.1) is 0 Å². The summed E-state index contributed by atoms with van der Waals surface area (Å²) in [6, 6.07) is 11.9. The van der Waals surface area contributed by atoms with Crippen LogP contribution >= 0.6 is 12.2 Å². The largest absolute Gasteiger partial charge is 0.479 e. The fourth-order valence-corrected chi connectivity index (χ4v) is 3.19. The molecular formula is C22H20N2O5S. The van der Waals surface area contributed by atoms with Gasteiger partial charge < -0.3 is 9.84 Å². The Kier molecular flexibility index (Phi) is 5.98. The van der Waals surface area contributed by atoms with Crippen molar-refractivity contribution in [2.45, 2.75) is 26.9 Å². The van der Waals surface area contributed by atoms with Crippen LogP contribution in [0.2, 0.25) is 0 Å². The molecule has 2 N–H and O–H groups in total. The Morgan fingerprint density at radius 1 is 1.17 bits per heavy atom. The second-order valence-electron chi connectivity index (χ2n) is 6.84. The van der Waals surface area contributed by atoms with Crippen LogP contribution in [-0.2, 0) is 14.4 Å². The van der Waals surface area contributed by atoms with Crippen molar-refractivity contribution in [1.82, 2.24) is 5.32 Å². The number of carbonyl (C=O) groups is 3. The van der Waals surface area contributed by atoms with Gasteiger partial charge in [0.05, 0.1) is 5.69 Å². The van der Waals surface area contributed by atoms with Crippen LogP contribution < -0.4 is 15.0 Å². The minimum atomic E-state index is -1.08. The number of hydrogen-bond donors (Lipinski definition) is 2. The number of nitrogens with one attached hydrogen (secondary N) is 1. The standard InChI is InChI=1S/C22H20N2O5S/c1-12-5-4-6-18(13(12)2)24-20(26)17(19(25)23-22(24)30)11-15-7-9-16(10-8-15)29-14(3)21(27)28/h4-11,14H,1-3H3,(H,27,28)(H,23,25,30)/b17-11-. The van der Waals surface area contributed by atoms with E-state index in [0.29, 0.717) is 17.0 Å². The molecule has 2 aromatic rings. The van der Waals surface area contributed by atoms with E-state index in [-0.39, 0.29) is 10.7 Å². The van der Waals surface area contributed by atoms with Crippen LogP contribution in [0, 0.1) is 13.8 Å². The second kappa shape index (κ2) is 8.46. The van der Waals surface area contributed by atoms with E-state index in [9.17, 15) is 14.4 Å². The highest BCUT2D eigenvalue weighted by molar-refractivity contribution is 7.80. The van der Waals surface area contributed by atoms with Gasteiger partial charge >= 0.3 is 5.97 Å². The molecule has 1 saturated heterocycles. The Morgan fingerprint density at radius 3 is 2.47 bits per heavy atom. The van der Waals surface area contributed by atoms with E-state index >= 15 is 0 Å². The molecule has 2 amide bonds. The molecule has 3 rings (SSSR count). The lowest BCUT2D eigenvalue weighted by molar-refractivity contribution is -0.144. The quantitative estimate of drug-likeness (QED) is 0.435. The SMILES string of the molecule is Cc1cccc(N2C(=O)/C(=C\c3ccc(OC(C)C(=O)O)cc3)C(=O)NC2=S)c1C. The van der Waals surface area contributed by atoms with Crippen molar-refractivity contribution in [3.8, 4) is 5.75 Å². The summed E-state index contributed by atoms with van der Waals surface area (Å²) in [4.78, 5) is 37.8. The molecule has 2 aromatic carbocycles. The highest BCUT2D eigenvalue weighted by Crippen LogP contribution is 2.27. The van der Waals surface area contributed by atoms with Crippen molar-refractivity contribution in [2.75, 3.05) is 4.90 Å². The maximum Gasteiger partial charge on any atom is 0.344 e. The van der Waals surface area contributed by atoms with E-state index in [2.05, 4.69) is 5.32 Å². The van der Waals surface area contributed by atoms with E-state index in [1.807, 2.05) is 26.0 Å². The summed E-state index contributed by atoms with van der Waals surface area (Å²) in [5, 5.41) is 11.5. The summed E-state index contributed by atoms with van der Waals surface area (Å²) in [7, 11) is 0. The summed E-state index contributed by atoms with van der Waals surface area (Å²) in [5.41, 5.74) is 3.02. The van der Waals surface area contributed by atoms with Gasteiger partial charge in [0.2, 0.25) is 0 Å². The minimum absolute atomic E-state index is 0.0299. The predicted molar refractivity (Wildman–Crippen MR) is 116 cm³/mol. The average Bonchev–Trinajstić information content (AvgIpc) is 2.69.